The Morgan fingerprint density at radius 1 is 1.36 bits per heavy atom. The predicted molar refractivity (Wildman–Crippen MR) is 48.7 cm³/mol. The van der Waals surface area contributed by atoms with Gasteiger partial charge in [-0.25, -0.2) is 0 Å². The van der Waals surface area contributed by atoms with Crippen molar-refractivity contribution < 1.29 is 5.73 Å². The highest BCUT2D eigenvalue weighted by atomic mass is 79.9. The first-order valence-electron chi connectivity index (χ1n) is 3.89. The molecule has 3 N–H and O–H groups in total. The smallest absolute Gasteiger partial charge is 0.132 e. The lowest BCUT2D eigenvalue weighted by Gasteiger charge is -1.99. The van der Waals surface area contributed by atoms with Crippen molar-refractivity contribution in [2.24, 2.45) is 0 Å². The first-order chi connectivity index (χ1) is 5.27. The van der Waals surface area contributed by atoms with Crippen LogP contribution in [0.15, 0.2) is 22.7 Å². The van der Waals surface area contributed by atoms with Crippen LogP contribution < -0.4 is 5.73 Å². The number of rotatable bonds is 1. The summed E-state index contributed by atoms with van der Waals surface area (Å²) < 4.78 is 1.13. The number of halogens is 1. The van der Waals surface area contributed by atoms with E-state index in [1.807, 2.05) is 0 Å². The van der Waals surface area contributed by atoms with Crippen LogP contribution in [-0.2, 0) is 0 Å². The summed E-state index contributed by atoms with van der Waals surface area (Å²) in [5.41, 5.74) is 6.63. The van der Waals surface area contributed by atoms with Gasteiger partial charge in [-0.2, -0.15) is 0 Å². The Morgan fingerprint density at radius 2 is 2.09 bits per heavy atom. The monoisotopic (exact) mass is 212 g/mol. The molecule has 0 unspecified atom stereocenters. The van der Waals surface area contributed by atoms with Gasteiger partial charge in [-0.1, -0.05) is 22.0 Å². The zero-order valence-corrected chi connectivity index (χ0v) is 7.89. The molecule has 2 rings (SSSR count). The summed E-state index contributed by atoms with van der Waals surface area (Å²) in [6.07, 6.45) is 2.70. The minimum absolute atomic E-state index is 0.815. The third kappa shape index (κ3) is 1.47. The van der Waals surface area contributed by atoms with E-state index in [9.17, 15) is 0 Å². The van der Waals surface area contributed by atoms with E-state index < -0.39 is 0 Å². The van der Waals surface area contributed by atoms with Crippen LogP contribution in [0, 0.1) is 0 Å². The third-order valence-electron chi connectivity index (χ3n) is 2.12. The fourth-order valence-corrected chi connectivity index (χ4v) is 1.78. The van der Waals surface area contributed by atoms with Gasteiger partial charge in [0.25, 0.3) is 0 Å². The Bertz CT molecular complexity index is 279. The lowest BCUT2D eigenvalue weighted by atomic mass is 10.1. The molecule has 11 heavy (non-hydrogen) atoms. The molecule has 0 radical (unpaired) electrons. The second-order valence-electron chi connectivity index (χ2n) is 3.12. The number of hydrogen-bond acceptors (Lipinski definition) is 0. The van der Waals surface area contributed by atoms with Gasteiger partial charge in [0.2, 0.25) is 0 Å². The molecule has 0 spiro atoms. The van der Waals surface area contributed by atoms with Gasteiger partial charge in [0.1, 0.15) is 5.69 Å². The van der Waals surface area contributed by atoms with Crippen LogP contribution in [0.25, 0.3) is 0 Å². The van der Waals surface area contributed by atoms with Gasteiger partial charge in [-0.15, -0.1) is 0 Å². The Labute approximate surface area is 74.7 Å². The van der Waals surface area contributed by atoms with Crippen molar-refractivity contribution in [2.75, 3.05) is 0 Å². The second-order valence-corrected chi connectivity index (χ2v) is 4.03. The van der Waals surface area contributed by atoms with Crippen molar-refractivity contribution in [1.29, 1.82) is 0 Å². The van der Waals surface area contributed by atoms with E-state index in [0.29, 0.717) is 0 Å². The molecular weight excluding hydrogens is 202 g/mol. The van der Waals surface area contributed by atoms with Crippen molar-refractivity contribution in [3.05, 3.63) is 28.2 Å². The lowest BCUT2D eigenvalue weighted by molar-refractivity contribution is -0.255. The summed E-state index contributed by atoms with van der Waals surface area (Å²) >= 11 is 3.43. The van der Waals surface area contributed by atoms with Gasteiger partial charge in [-0.05, 0) is 24.8 Å². The van der Waals surface area contributed by atoms with E-state index in [-0.39, 0.29) is 0 Å². The molecule has 1 aliphatic rings. The highest BCUT2D eigenvalue weighted by Crippen LogP contribution is 2.42. The van der Waals surface area contributed by atoms with Crippen LogP contribution in [0.4, 0.5) is 5.69 Å². The van der Waals surface area contributed by atoms with Crippen LogP contribution in [0.1, 0.15) is 24.3 Å². The fraction of sp³-hybridized carbons (Fsp3) is 0.333. The van der Waals surface area contributed by atoms with Crippen LogP contribution >= 0.6 is 15.9 Å². The van der Waals surface area contributed by atoms with E-state index in [1.54, 1.807) is 0 Å². The average Bonchev–Trinajstić information content (AvgIpc) is 2.70. The quantitative estimate of drug-likeness (QED) is 0.740. The molecule has 1 aromatic carbocycles. The Hall–Kier alpha value is -0.340. The van der Waals surface area contributed by atoms with Crippen LogP contribution in [0.3, 0.4) is 0 Å². The van der Waals surface area contributed by atoms with E-state index in [2.05, 4.69) is 39.9 Å². The van der Waals surface area contributed by atoms with E-state index >= 15 is 0 Å². The molecule has 0 aromatic heterocycles. The molecule has 0 heterocycles. The summed E-state index contributed by atoms with van der Waals surface area (Å²) in [6.45, 7) is 0. The summed E-state index contributed by atoms with van der Waals surface area (Å²) in [5.74, 6) is 0.815. The molecule has 0 bridgehead atoms. The maximum absolute atomic E-state index is 4.01. The minimum Gasteiger partial charge on any atom is -0.325 e. The minimum atomic E-state index is 0.815. The normalized spacial score (nSPS) is 16.9. The first kappa shape index (κ1) is 7.32. The van der Waals surface area contributed by atoms with Gasteiger partial charge >= 0.3 is 0 Å². The molecule has 0 amide bonds. The lowest BCUT2D eigenvalue weighted by Crippen LogP contribution is -2.41. The van der Waals surface area contributed by atoms with Crippen molar-refractivity contribution >= 4 is 21.6 Å². The molecule has 1 aliphatic carbocycles. The number of hydrogen-bond donors (Lipinski definition) is 1. The molecule has 1 saturated carbocycles. The van der Waals surface area contributed by atoms with Crippen LogP contribution in [0.5, 0.6) is 0 Å². The average molecular weight is 213 g/mol. The second kappa shape index (κ2) is 2.61. The molecule has 2 heteroatoms. The predicted octanol–water partition coefficient (Wildman–Crippen LogP) is 2.20. The molecule has 0 saturated heterocycles. The summed E-state index contributed by atoms with van der Waals surface area (Å²) in [5, 5.41) is 0. The molecular formula is C9H11BrN+. The third-order valence-corrected chi connectivity index (χ3v) is 2.62. The zero-order chi connectivity index (χ0) is 7.84. The molecule has 1 aromatic rings. The van der Waals surface area contributed by atoms with E-state index in [0.717, 1.165) is 10.4 Å². The van der Waals surface area contributed by atoms with Crippen molar-refractivity contribution in [3.8, 4) is 0 Å². The van der Waals surface area contributed by atoms with Gasteiger partial charge in [-0.3, -0.25) is 0 Å². The van der Waals surface area contributed by atoms with E-state index in [1.165, 1.54) is 24.1 Å². The van der Waals surface area contributed by atoms with Crippen LogP contribution in [0.2, 0.25) is 0 Å². The van der Waals surface area contributed by atoms with Gasteiger partial charge in [0.05, 0.1) is 0 Å². The summed E-state index contributed by atoms with van der Waals surface area (Å²) in [6, 6.07) is 6.38. The van der Waals surface area contributed by atoms with Gasteiger partial charge < -0.3 is 5.73 Å². The summed E-state index contributed by atoms with van der Waals surface area (Å²) in [4.78, 5) is 0. The van der Waals surface area contributed by atoms with Crippen LogP contribution in [-0.4, -0.2) is 0 Å². The molecule has 0 aliphatic heterocycles. The highest BCUT2D eigenvalue weighted by molar-refractivity contribution is 9.10. The molecule has 0 atom stereocenters. The van der Waals surface area contributed by atoms with Crippen molar-refractivity contribution in [1.82, 2.24) is 0 Å². The molecule has 1 nitrogen and oxygen atoms in total. The van der Waals surface area contributed by atoms with Crippen molar-refractivity contribution in [2.45, 2.75) is 18.8 Å². The van der Waals surface area contributed by atoms with Crippen molar-refractivity contribution in [3.63, 3.8) is 0 Å². The Balaban J connectivity index is 2.39. The standard InChI is InChI=1S/C9H10BrN/c10-7-3-4-8(6-1-2-6)9(11)5-7/h3-6H,1-2,11H2/p+1. The number of benzene rings is 1. The fourth-order valence-electron chi connectivity index (χ4n) is 1.37. The maximum atomic E-state index is 4.01. The molecule has 1 fully saturated rings. The Morgan fingerprint density at radius 3 is 2.64 bits per heavy atom. The Kier molecular flexibility index (Phi) is 1.74. The highest BCUT2D eigenvalue weighted by Gasteiger charge is 2.26. The molecule has 58 valence electrons. The largest absolute Gasteiger partial charge is 0.325 e. The summed E-state index contributed by atoms with van der Waals surface area (Å²) in [7, 11) is 0. The zero-order valence-electron chi connectivity index (χ0n) is 6.31. The first-order valence-corrected chi connectivity index (χ1v) is 4.68. The maximum Gasteiger partial charge on any atom is 0.132 e. The SMILES string of the molecule is [NH3+]c1cc(Br)ccc1C1CC1. The topological polar surface area (TPSA) is 27.6 Å². The van der Waals surface area contributed by atoms with E-state index in [4.69, 9.17) is 0 Å². The number of quaternary nitrogens is 1. The van der Waals surface area contributed by atoms with Gasteiger partial charge in [0, 0.05) is 16.1 Å². The van der Waals surface area contributed by atoms with Gasteiger partial charge in [0.15, 0.2) is 0 Å².